The van der Waals surface area contributed by atoms with E-state index in [-0.39, 0.29) is 6.04 Å². The van der Waals surface area contributed by atoms with Crippen molar-refractivity contribution in [1.29, 1.82) is 0 Å². The molecule has 2 rings (SSSR count). The Kier molecular flexibility index (Phi) is 5.91. The van der Waals surface area contributed by atoms with Crippen LogP contribution in [0.5, 0.6) is 5.75 Å². The van der Waals surface area contributed by atoms with Crippen molar-refractivity contribution in [3.8, 4) is 5.75 Å². The van der Waals surface area contributed by atoms with E-state index in [0.29, 0.717) is 5.75 Å². The first-order chi connectivity index (χ1) is 9.60. The van der Waals surface area contributed by atoms with Gasteiger partial charge in [0.25, 0.3) is 0 Å². The van der Waals surface area contributed by atoms with Crippen molar-refractivity contribution in [3.63, 3.8) is 0 Å². The molecule has 0 aliphatic heterocycles. The fraction of sp³-hybridized carbons (Fsp3) is 0.647. The molecule has 2 nitrogen and oxygen atoms in total. The fourth-order valence-electron chi connectivity index (χ4n) is 3.33. The Balaban J connectivity index is 1.96. The van der Waals surface area contributed by atoms with Crippen molar-refractivity contribution >= 4 is 15.9 Å². The summed E-state index contributed by atoms with van der Waals surface area (Å²) in [7, 11) is 0. The summed E-state index contributed by atoms with van der Waals surface area (Å²) in [4.78, 5) is 0. The summed E-state index contributed by atoms with van der Waals surface area (Å²) in [6.07, 6.45) is 6.44. The Morgan fingerprint density at radius 2 is 2.20 bits per heavy atom. The standard InChI is InChI=1S/C17H26BrNO/c1-3-16(15-10-14(18)7-8-17(15)20)19-11-13-6-4-5-12(2)9-13/h7-8,10,12-13,16,19-20H,3-6,9,11H2,1-2H3. The largest absolute Gasteiger partial charge is 0.508 e. The molecule has 2 N–H and O–H groups in total. The molecule has 1 fully saturated rings. The molecule has 3 heteroatoms. The minimum atomic E-state index is 0.240. The number of nitrogens with one attached hydrogen (secondary N) is 1. The van der Waals surface area contributed by atoms with E-state index in [0.717, 1.165) is 34.8 Å². The van der Waals surface area contributed by atoms with Crippen molar-refractivity contribution in [2.24, 2.45) is 11.8 Å². The van der Waals surface area contributed by atoms with Crippen molar-refractivity contribution in [2.75, 3.05) is 6.54 Å². The van der Waals surface area contributed by atoms with Gasteiger partial charge in [0.05, 0.1) is 0 Å². The molecule has 0 aromatic heterocycles. The molecule has 1 aliphatic rings. The molecular formula is C17H26BrNO. The highest BCUT2D eigenvalue weighted by Gasteiger charge is 2.20. The zero-order valence-corrected chi connectivity index (χ0v) is 14.1. The number of halogens is 1. The monoisotopic (exact) mass is 339 g/mol. The summed E-state index contributed by atoms with van der Waals surface area (Å²) in [5.74, 6) is 2.06. The molecule has 0 amide bonds. The van der Waals surface area contributed by atoms with Gasteiger partial charge in [0.1, 0.15) is 5.75 Å². The molecule has 0 radical (unpaired) electrons. The Morgan fingerprint density at radius 3 is 2.90 bits per heavy atom. The van der Waals surface area contributed by atoms with Crippen LogP contribution < -0.4 is 5.32 Å². The average molecular weight is 340 g/mol. The first-order valence-electron chi connectivity index (χ1n) is 7.82. The fourth-order valence-corrected chi connectivity index (χ4v) is 3.71. The Morgan fingerprint density at radius 1 is 1.40 bits per heavy atom. The minimum Gasteiger partial charge on any atom is -0.508 e. The highest BCUT2D eigenvalue weighted by atomic mass is 79.9. The molecule has 0 saturated heterocycles. The second-order valence-corrected chi connectivity index (χ2v) is 7.13. The lowest BCUT2D eigenvalue weighted by atomic mass is 9.82. The van der Waals surface area contributed by atoms with Gasteiger partial charge in [0.2, 0.25) is 0 Å². The summed E-state index contributed by atoms with van der Waals surface area (Å²) in [5, 5.41) is 13.7. The maximum Gasteiger partial charge on any atom is 0.120 e. The van der Waals surface area contributed by atoms with Gasteiger partial charge >= 0.3 is 0 Å². The first-order valence-corrected chi connectivity index (χ1v) is 8.61. The minimum absolute atomic E-state index is 0.240. The number of rotatable bonds is 5. The van der Waals surface area contributed by atoms with Gasteiger partial charge in [-0.15, -0.1) is 0 Å². The van der Waals surface area contributed by atoms with Crippen LogP contribution in [0.25, 0.3) is 0 Å². The molecule has 3 unspecified atom stereocenters. The quantitative estimate of drug-likeness (QED) is 0.789. The van der Waals surface area contributed by atoms with Gasteiger partial charge in [-0.2, -0.15) is 0 Å². The summed E-state index contributed by atoms with van der Waals surface area (Å²) in [5.41, 5.74) is 1.01. The molecule has 0 spiro atoms. The van der Waals surface area contributed by atoms with Crippen LogP contribution >= 0.6 is 15.9 Å². The average Bonchev–Trinajstić information content (AvgIpc) is 2.43. The van der Waals surface area contributed by atoms with Gasteiger partial charge in [0.15, 0.2) is 0 Å². The summed E-state index contributed by atoms with van der Waals surface area (Å²) in [6, 6.07) is 5.92. The normalized spacial score (nSPS) is 24.6. The summed E-state index contributed by atoms with van der Waals surface area (Å²) in [6.45, 7) is 5.60. The van der Waals surface area contributed by atoms with E-state index in [1.54, 1.807) is 6.07 Å². The highest BCUT2D eigenvalue weighted by molar-refractivity contribution is 9.10. The predicted molar refractivity (Wildman–Crippen MR) is 88.0 cm³/mol. The van der Waals surface area contributed by atoms with E-state index in [4.69, 9.17) is 0 Å². The zero-order valence-electron chi connectivity index (χ0n) is 12.5. The lowest BCUT2D eigenvalue weighted by Crippen LogP contribution is -2.29. The third-order valence-corrected chi connectivity index (χ3v) is 4.96. The molecule has 1 aliphatic carbocycles. The topological polar surface area (TPSA) is 32.3 Å². The van der Waals surface area contributed by atoms with E-state index in [1.807, 2.05) is 12.1 Å². The number of benzene rings is 1. The maximum atomic E-state index is 10.1. The van der Waals surface area contributed by atoms with Crippen molar-refractivity contribution in [1.82, 2.24) is 5.32 Å². The van der Waals surface area contributed by atoms with Gasteiger partial charge in [0, 0.05) is 16.1 Å². The van der Waals surface area contributed by atoms with Gasteiger partial charge < -0.3 is 10.4 Å². The number of phenolic OH excluding ortho intramolecular Hbond substituents is 1. The molecule has 112 valence electrons. The smallest absolute Gasteiger partial charge is 0.120 e. The Hall–Kier alpha value is -0.540. The molecular weight excluding hydrogens is 314 g/mol. The molecule has 20 heavy (non-hydrogen) atoms. The lowest BCUT2D eigenvalue weighted by molar-refractivity contribution is 0.265. The van der Waals surface area contributed by atoms with Crippen LogP contribution in [0.1, 0.15) is 57.6 Å². The number of aromatic hydroxyl groups is 1. The second-order valence-electron chi connectivity index (χ2n) is 6.21. The molecule has 3 atom stereocenters. The third kappa shape index (κ3) is 4.23. The summed E-state index contributed by atoms with van der Waals surface area (Å²) < 4.78 is 1.02. The third-order valence-electron chi connectivity index (χ3n) is 4.47. The van der Waals surface area contributed by atoms with Crippen LogP contribution in [0.15, 0.2) is 22.7 Å². The van der Waals surface area contributed by atoms with Crippen LogP contribution in [0.3, 0.4) is 0 Å². The first kappa shape index (κ1) is 15.8. The van der Waals surface area contributed by atoms with Crippen LogP contribution in [0, 0.1) is 11.8 Å². The van der Waals surface area contributed by atoms with E-state index in [1.165, 1.54) is 25.7 Å². The summed E-state index contributed by atoms with van der Waals surface area (Å²) >= 11 is 3.49. The van der Waals surface area contributed by atoms with E-state index >= 15 is 0 Å². The maximum absolute atomic E-state index is 10.1. The molecule has 1 saturated carbocycles. The van der Waals surface area contributed by atoms with Crippen molar-refractivity contribution in [3.05, 3.63) is 28.2 Å². The lowest BCUT2D eigenvalue weighted by Gasteiger charge is -2.29. The molecule has 1 aromatic carbocycles. The zero-order chi connectivity index (χ0) is 14.5. The van der Waals surface area contributed by atoms with Crippen molar-refractivity contribution < 1.29 is 5.11 Å². The van der Waals surface area contributed by atoms with Gasteiger partial charge in [-0.25, -0.2) is 0 Å². The van der Waals surface area contributed by atoms with Crippen LogP contribution in [0.2, 0.25) is 0 Å². The van der Waals surface area contributed by atoms with Gasteiger partial charge in [-0.05, 0) is 55.8 Å². The van der Waals surface area contributed by atoms with Gasteiger partial charge in [-0.1, -0.05) is 42.6 Å². The number of phenols is 1. The highest BCUT2D eigenvalue weighted by Crippen LogP contribution is 2.31. The Bertz CT molecular complexity index is 435. The van der Waals surface area contributed by atoms with E-state index in [2.05, 4.69) is 35.1 Å². The Labute approximate surface area is 131 Å². The van der Waals surface area contributed by atoms with Crippen LogP contribution in [0.4, 0.5) is 0 Å². The van der Waals surface area contributed by atoms with Crippen LogP contribution in [-0.2, 0) is 0 Å². The van der Waals surface area contributed by atoms with Crippen molar-refractivity contribution in [2.45, 2.75) is 52.0 Å². The SMILES string of the molecule is CCC(NCC1CCCC(C)C1)c1cc(Br)ccc1O. The number of hydrogen-bond acceptors (Lipinski definition) is 2. The van der Waals surface area contributed by atoms with Gasteiger partial charge in [-0.3, -0.25) is 0 Å². The molecule has 1 aromatic rings. The predicted octanol–water partition coefficient (Wildman–Crippen LogP) is 5.02. The van der Waals surface area contributed by atoms with E-state index < -0.39 is 0 Å². The number of hydrogen-bond donors (Lipinski definition) is 2. The second kappa shape index (κ2) is 7.46. The molecule has 0 bridgehead atoms. The van der Waals surface area contributed by atoms with E-state index in [9.17, 15) is 5.11 Å². The van der Waals surface area contributed by atoms with Crippen LogP contribution in [-0.4, -0.2) is 11.7 Å². The molecule has 0 heterocycles.